The summed E-state index contributed by atoms with van der Waals surface area (Å²) in [6.45, 7) is 4.79. The van der Waals surface area contributed by atoms with Crippen LogP contribution in [-0.2, 0) is 26.4 Å². The molecule has 0 unspecified atom stereocenters. The van der Waals surface area contributed by atoms with Crippen LogP contribution in [0.25, 0.3) is 0 Å². The van der Waals surface area contributed by atoms with Crippen LogP contribution in [0.2, 0.25) is 5.02 Å². The Morgan fingerprint density at radius 2 is 1.95 bits per heavy atom. The molecule has 1 aliphatic rings. The molecule has 0 fully saturated rings. The third-order valence-corrected chi connectivity index (χ3v) is 4.48. The van der Waals surface area contributed by atoms with Gasteiger partial charge in [-0.3, -0.25) is 4.68 Å². The largest absolute Gasteiger partial charge is 0.326 e. The first-order valence-corrected chi connectivity index (χ1v) is 7.18. The molecule has 2 aromatic heterocycles. The molecule has 0 radical (unpaired) electrons. The monoisotopic (exact) mass is 278 g/mol. The van der Waals surface area contributed by atoms with Crippen molar-refractivity contribution >= 4 is 11.6 Å². The van der Waals surface area contributed by atoms with Crippen molar-refractivity contribution in [1.29, 1.82) is 0 Å². The number of aromatic nitrogens is 4. The van der Waals surface area contributed by atoms with E-state index in [0.29, 0.717) is 0 Å². The topological polar surface area (TPSA) is 35.6 Å². The van der Waals surface area contributed by atoms with E-state index in [1.165, 1.54) is 24.2 Å². The number of rotatable bonds is 2. The summed E-state index contributed by atoms with van der Waals surface area (Å²) in [5.41, 5.74) is 4.62. The normalized spacial score (nSPS) is 14.7. The van der Waals surface area contributed by atoms with Crippen LogP contribution in [-0.4, -0.2) is 19.3 Å². The molecule has 5 heteroatoms. The second kappa shape index (κ2) is 4.67. The number of fused-ring (bicyclic) bond motifs is 1. The first kappa shape index (κ1) is 12.7. The van der Waals surface area contributed by atoms with Crippen LogP contribution in [0.4, 0.5) is 0 Å². The second-order valence-corrected chi connectivity index (χ2v) is 5.69. The standard InChI is InChI=1S/C14H19ClN4/c1-9-14(15)13(18(3)17-9)8-19-10(2)16-11-6-4-5-7-12(11)19/h4-8H2,1-3H3. The van der Waals surface area contributed by atoms with Gasteiger partial charge in [0.05, 0.1) is 28.6 Å². The van der Waals surface area contributed by atoms with E-state index in [-0.39, 0.29) is 0 Å². The fourth-order valence-electron chi connectivity index (χ4n) is 2.95. The molecule has 3 rings (SSSR count). The lowest BCUT2D eigenvalue weighted by molar-refractivity contribution is 0.601. The van der Waals surface area contributed by atoms with Crippen molar-refractivity contribution in [3.8, 4) is 0 Å². The van der Waals surface area contributed by atoms with E-state index in [9.17, 15) is 0 Å². The Labute approximate surface area is 118 Å². The highest BCUT2D eigenvalue weighted by Crippen LogP contribution is 2.26. The number of nitrogens with zero attached hydrogens (tertiary/aromatic N) is 4. The van der Waals surface area contributed by atoms with Gasteiger partial charge in [0.15, 0.2) is 0 Å². The predicted octanol–water partition coefficient (Wildman–Crippen LogP) is 2.81. The number of imidazole rings is 1. The number of hydrogen-bond acceptors (Lipinski definition) is 2. The molecule has 0 saturated carbocycles. The van der Waals surface area contributed by atoms with Crippen LogP contribution in [0.1, 0.15) is 41.4 Å². The van der Waals surface area contributed by atoms with Gasteiger partial charge in [0.2, 0.25) is 0 Å². The molecule has 19 heavy (non-hydrogen) atoms. The molecule has 0 spiro atoms. The lowest BCUT2D eigenvalue weighted by Gasteiger charge is -2.15. The van der Waals surface area contributed by atoms with Gasteiger partial charge in [0.1, 0.15) is 5.82 Å². The van der Waals surface area contributed by atoms with Gasteiger partial charge >= 0.3 is 0 Å². The molecule has 1 aliphatic carbocycles. The molecule has 0 atom stereocenters. The molecule has 2 aromatic rings. The van der Waals surface area contributed by atoms with Gasteiger partial charge in [-0.2, -0.15) is 5.10 Å². The summed E-state index contributed by atoms with van der Waals surface area (Å²) >= 11 is 6.35. The van der Waals surface area contributed by atoms with E-state index in [1.54, 1.807) is 0 Å². The fraction of sp³-hybridized carbons (Fsp3) is 0.571. The Morgan fingerprint density at radius 1 is 1.21 bits per heavy atom. The van der Waals surface area contributed by atoms with Crippen molar-refractivity contribution in [2.24, 2.45) is 7.05 Å². The summed E-state index contributed by atoms with van der Waals surface area (Å²) in [5.74, 6) is 1.09. The quantitative estimate of drug-likeness (QED) is 0.847. The van der Waals surface area contributed by atoms with Crippen molar-refractivity contribution in [3.63, 3.8) is 0 Å². The molecule has 0 N–H and O–H groups in total. The Bertz CT molecular complexity index is 624. The predicted molar refractivity (Wildman–Crippen MR) is 75.7 cm³/mol. The summed E-state index contributed by atoms with van der Waals surface area (Å²) in [6.07, 6.45) is 4.76. The van der Waals surface area contributed by atoms with E-state index in [4.69, 9.17) is 16.6 Å². The van der Waals surface area contributed by atoms with Gasteiger partial charge < -0.3 is 4.57 Å². The molecule has 0 aromatic carbocycles. The molecule has 102 valence electrons. The average Bonchev–Trinajstić information content (AvgIpc) is 2.82. The first-order chi connectivity index (χ1) is 9.08. The molecular weight excluding hydrogens is 260 g/mol. The second-order valence-electron chi connectivity index (χ2n) is 5.32. The van der Waals surface area contributed by atoms with Gasteiger partial charge in [0, 0.05) is 12.7 Å². The Balaban J connectivity index is 2.01. The van der Waals surface area contributed by atoms with Crippen molar-refractivity contribution in [2.45, 2.75) is 46.1 Å². The summed E-state index contributed by atoms with van der Waals surface area (Å²) in [7, 11) is 1.95. The lowest BCUT2D eigenvalue weighted by atomic mass is 10.0. The average molecular weight is 279 g/mol. The molecule has 0 aliphatic heterocycles. The van der Waals surface area contributed by atoms with E-state index in [2.05, 4.69) is 16.6 Å². The van der Waals surface area contributed by atoms with E-state index in [0.717, 1.165) is 41.6 Å². The van der Waals surface area contributed by atoms with Gasteiger partial charge in [-0.25, -0.2) is 4.98 Å². The highest BCUT2D eigenvalue weighted by atomic mass is 35.5. The first-order valence-electron chi connectivity index (χ1n) is 6.80. The fourth-order valence-corrected chi connectivity index (χ4v) is 3.17. The van der Waals surface area contributed by atoms with E-state index >= 15 is 0 Å². The van der Waals surface area contributed by atoms with Crippen molar-refractivity contribution in [2.75, 3.05) is 0 Å². The third-order valence-electron chi connectivity index (χ3n) is 3.99. The maximum atomic E-state index is 6.35. The maximum Gasteiger partial charge on any atom is 0.106 e. The van der Waals surface area contributed by atoms with Gasteiger partial charge in [-0.05, 0) is 39.5 Å². The minimum atomic E-state index is 0.768. The minimum Gasteiger partial charge on any atom is -0.326 e. The number of aryl methyl sites for hydroxylation is 4. The zero-order valence-corrected chi connectivity index (χ0v) is 12.5. The van der Waals surface area contributed by atoms with Crippen molar-refractivity contribution in [1.82, 2.24) is 19.3 Å². The maximum absolute atomic E-state index is 6.35. The van der Waals surface area contributed by atoms with Crippen LogP contribution in [0.5, 0.6) is 0 Å². The molecule has 0 saturated heterocycles. The molecule has 0 amide bonds. The van der Waals surface area contributed by atoms with Crippen molar-refractivity contribution in [3.05, 3.63) is 33.6 Å². The van der Waals surface area contributed by atoms with Gasteiger partial charge in [-0.1, -0.05) is 11.6 Å². The zero-order chi connectivity index (χ0) is 13.6. The molecule has 0 bridgehead atoms. The van der Waals surface area contributed by atoms with Crippen molar-refractivity contribution < 1.29 is 0 Å². The number of hydrogen-bond donors (Lipinski definition) is 0. The van der Waals surface area contributed by atoms with Gasteiger partial charge in [0.25, 0.3) is 0 Å². The highest BCUT2D eigenvalue weighted by Gasteiger charge is 2.20. The van der Waals surface area contributed by atoms with E-state index in [1.807, 2.05) is 18.7 Å². The highest BCUT2D eigenvalue weighted by molar-refractivity contribution is 6.31. The summed E-state index contributed by atoms with van der Waals surface area (Å²) in [6, 6.07) is 0. The van der Waals surface area contributed by atoms with Crippen LogP contribution < -0.4 is 0 Å². The minimum absolute atomic E-state index is 0.768. The third kappa shape index (κ3) is 2.08. The smallest absolute Gasteiger partial charge is 0.106 e. The summed E-state index contributed by atoms with van der Waals surface area (Å²) < 4.78 is 4.18. The lowest BCUT2D eigenvalue weighted by Crippen LogP contribution is -2.12. The van der Waals surface area contributed by atoms with Crippen LogP contribution in [0, 0.1) is 13.8 Å². The molecule has 4 nitrogen and oxygen atoms in total. The SMILES string of the molecule is Cc1nn(C)c(Cn2c(C)nc3c2CCCC3)c1Cl. The Hall–Kier alpha value is -1.29. The summed E-state index contributed by atoms with van der Waals surface area (Å²) in [5, 5.41) is 5.16. The Kier molecular flexibility index (Phi) is 3.13. The van der Waals surface area contributed by atoms with E-state index < -0.39 is 0 Å². The number of halogens is 1. The van der Waals surface area contributed by atoms with Gasteiger partial charge in [-0.15, -0.1) is 0 Å². The van der Waals surface area contributed by atoms with Crippen LogP contribution in [0.3, 0.4) is 0 Å². The molecular formula is C14H19ClN4. The molecule has 2 heterocycles. The Morgan fingerprint density at radius 3 is 2.63 bits per heavy atom. The summed E-state index contributed by atoms with van der Waals surface area (Å²) in [4.78, 5) is 4.70. The zero-order valence-electron chi connectivity index (χ0n) is 11.7. The van der Waals surface area contributed by atoms with Crippen LogP contribution in [0.15, 0.2) is 0 Å². The van der Waals surface area contributed by atoms with Crippen LogP contribution >= 0.6 is 11.6 Å².